The van der Waals surface area contributed by atoms with Crippen LogP contribution >= 0.6 is 0 Å². The standard InChI is InChI=1S/C14H20FN3O3/c1-3-21-13-5-4-11(8-12(13)15)9-18-14(20)17-7-6-16-10(2)19/h4-5,8H,3,6-7,9H2,1-2H3,(H,16,19)(H2,17,18,20). The fraction of sp³-hybridized carbons (Fsp3) is 0.429. The second kappa shape index (κ2) is 8.78. The van der Waals surface area contributed by atoms with Crippen molar-refractivity contribution in [2.75, 3.05) is 19.7 Å². The Morgan fingerprint density at radius 1 is 1.19 bits per heavy atom. The Hall–Kier alpha value is -2.31. The van der Waals surface area contributed by atoms with E-state index in [2.05, 4.69) is 16.0 Å². The summed E-state index contributed by atoms with van der Waals surface area (Å²) in [6, 6.07) is 4.16. The molecule has 1 aromatic rings. The summed E-state index contributed by atoms with van der Waals surface area (Å²) >= 11 is 0. The van der Waals surface area contributed by atoms with Crippen LogP contribution in [-0.4, -0.2) is 31.6 Å². The number of halogens is 1. The van der Waals surface area contributed by atoms with Crippen molar-refractivity contribution in [1.82, 2.24) is 16.0 Å². The van der Waals surface area contributed by atoms with Gasteiger partial charge >= 0.3 is 6.03 Å². The number of rotatable bonds is 7. The maximum atomic E-state index is 13.6. The van der Waals surface area contributed by atoms with E-state index in [1.807, 2.05) is 0 Å². The molecule has 0 aliphatic carbocycles. The molecule has 0 aliphatic rings. The van der Waals surface area contributed by atoms with Gasteiger partial charge in [0.2, 0.25) is 5.91 Å². The van der Waals surface area contributed by atoms with Crippen molar-refractivity contribution in [3.63, 3.8) is 0 Å². The molecule has 0 saturated carbocycles. The highest BCUT2D eigenvalue weighted by Crippen LogP contribution is 2.18. The Kier molecular flexibility index (Phi) is 7.00. The molecule has 3 N–H and O–H groups in total. The Bertz CT molecular complexity index is 494. The largest absolute Gasteiger partial charge is 0.491 e. The lowest BCUT2D eigenvalue weighted by Gasteiger charge is -2.09. The van der Waals surface area contributed by atoms with Crippen LogP contribution in [0.5, 0.6) is 5.75 Å². The number of ether oxygens (including phenoxy) is 1. The van der Waals surface area contributed by atoms with E-state index < -0.39 is 5.82 Å². The fourth-order valence-electron chi connectivity index (χ4n) is 1.59. The number of hydrogen-bond donors (Lipinski definition) is 3. The molecular weight excluding hydrogens is 277 g/mol. The molecule has 1 aromatic carbocycles. The monoisotopic (exact) mass is 297 g/mol. The second-order valence-electron chi connectivity index (χ2n) is 4.29. The zero-order valence-electron chi connectivity index (χ0n) is 12.2. The van der Waals surface area contributed by atoms with Crippen molar-refractivity contribution in [2.45, 2.75) is 20.4 Å². The molecule has 0 fully saturated rings. The van der Waals surface area contributed by atoms with Crippen LogP contribution in [0.15, 0.2) is 18.2 Å². The summed E-state index contributed by atoms with van der Waals surface area (Å²) < 4.78 is 18.7. The zero-order valence-corrected chi connectivity index (χ0v) is 12.2. The quantitative estimate of drug-likeness (QED) is 0.661. The molecule has 6 nitrogen and oxygen atoms in total. The van der Waals surface area contributed by atoms with Crippen molar-refractivity contribution in [2.24, 2.45) is 0 Å². The highest BCUT2D eigenvalue weighted by Gasteiger charge is 2.05. The average Bonchev–Trinajstić information content (AvgIpc) is 2.44. The molecule has 7 heteroatoms. The summed E-state index contributed by atoms with van der Waals surface area (Å²) in [5, 5.41) is 7.72. The van der Waals surface area contributed by atoms with Crippen LogP contribution in [0, 0.1) is 5.82 Å². The summed E-state index contributed by atoms with van der Waals surface area (Å²) in [6.45, 7) is 4.46. The predicted octanol–water partition coefficient (Wildman–Crippen LogP) is 1.16. The van der Waals surface area contributed by atoms with Gasteiger partial charge in [0.25, 0.3) is 0 Å². The van der Waals surface area contributed by atoms with Crippen LogP contribution < -0.4 is 20.7 Å². The number of benzene rings is 1. The third-order valence-electron chi connectivity index (χ3n) is 2.53. The SMILES string of the molecule is CCOc1ccc(CNC(=O)NCCNC(C)=O)cc1F. The molecule has 3 amide bonds. The first-order valence-corrected chi connectivity index (χ1v) is 6.70. The Balaban J connectivity index is 2.32. The van der Waals surface area contributed by atoms with Gasteiger partial charge in [0.15, 0.2) is 11.6 Å². The number of amides is 3. The molecule has 0 bridgehead atoms. The van der Waals surface area contributed by atoms with Crippen LogP contribution in [0.25, 0.3) is 0 Å². The van der Waals surface area contributed by atoms with E-state index in [9.17, 15) is 14.0 Å². The summed E-state index contributed by atoms with van der Waals surface area (Å²) in [7, 11) is 0. The van der Waals surface area contributed by atoms with Crippen molar-refractivity contribution >= 4 is 11.9 Å². The van der Waals surface area contributed by atoms with Crippen molar-refractivity contribution in [3.05, 3.63) is 29.6 Å². The molecule has 0 saturated heterocycles. The van der Waals surface area contributed by atoms with Crippen LogP contribution in [0.2, 0.25) is 0 Å². The maximum Gasteiger partial charge on any atom is 0.315 e. The van der Waals surface area contributed by atoms with E-state index in [1.165, 1.54) is 19.1 Å². The minimum Gasteiger partial charge on any atom is -0.491 e. The van der Waals surface area contributed by atoms with Crippen molar-refractivity contribution in [3.8, 4) is 5.75 Å². The summed E-state index contributed by atoms with van der Waals surface area (Å²) in [6.07, 6.45) is 0. The molecule has 116 valence electrons. The first-order chi connectivity index (χ1) is 10.0. The minimum atomic E-state index is -0.456. The normalized spacial score (nSPS) is 9.86. The first-order valence-electron chi connectivity index (χ1n) is 6.70. The van der Waals surface area contributed by atoms with Gasteiger partial charge in [0, 0.05) is 26.6 Å². The summed E-state index contributed by atoms with van der Waals surface area (Å²) in [5.74, 6) is -0.412. The predicted molar refractivity (Wildman–Crippen MR) is 76.5 cm³/mol. The Morgan fingerprint density at radius 2 is 1.90 bits per heavy atom. The van der Waals surface area contributed by atoms with Gasteiger partial charge < -0.3 is 20.7 Å². The number of hydrogen-bond acceptors (Lipinski definition) is 3. The van der Waals surface area contributed by atoms with Gasteiger partial charge in [0.05, 0.1) is 6.61 Å². The number of carbonyl (C=O) groups excluding carboxylic acids is 2. The number of carbonyl (C=O) groups is 2. The van der Waals surface area contributed by atoms with E-state index in [0.717, 1.165) is 0 Å². The van der Waals surface area contributed by atoms with Crippen molar-refractivity contribution < 1.29 is 18.7 Å². The van der Waals surface area contributed by atoms with E-state index in [0.29, 0.717) is 25.3 Å². The molecule has 21 heavy (non-hydrogen) atoms. The molecule has 1 rings (SSSR count). The maximum absolute atomic E-state index is 13.6. The molecule has 0 aromatic heterocycles. The lowest BCUT2D eigenvalue weighted by atomic mass is 10.2. The molecule has 0 spiro atoms. The van der Waals surface area contributed by atoms with Crippen LogP contribution in [0.3, 0.4) is 0 Å². The lowest BCUT2D eigenvalue weighted by molar-refractivity contribution is -0.118. The third-order valence-corrected chi connectivity index (χ3v) is 2.53. The highest BCUT2D eigenvalue weighted by atomic mass is 19.1. The minimum absolute atomic E-state index is 0.151. The average molecular weight is 297 g/mol. The Morgan fingerprint density at radius 3 is 2.52 bits per heavy atom. The van der Waals surface area contributed by atoms with Gasteiger partial charge in [-0.05, 0) is 24.6 Å². The lowest BCUT2D eigenvalue weighted by Crippen LogP contribution is -2.39. The van der Waals surface area contributed by atoms with Gasteiger partial charge in [-0.1, -0.05) is 6.07 Å². The number of nitrogens with one attached hydrogen (secondary N) is 3. The van der Waals surface area contributed by atoms with Crippen molar-refractivity contribution in [1.29, 1.82) is 0 Å². The van der Waals surface area contributed by atoms with Gasteiger partial charge in [0.1, 0.15) is 0 Å². The Labute approximate surface area is 123 Å². The van der Waals surface area contributed by atoms with E-state index >= 15 is 0 Å². The van der Waals surface area contributed by atoms with E-state index in [1.54, 1.807) is 13.0 Å². The highest BCUT2D eigenvalue weighted by molar-refractivity contribution is 5.74. The zero-order chi connectivity index (χ0) is 15.7. The molecule has 0 aliphatic heterocycles. The molecule has 0 atom stereocenters. The second-order valence-corrected chi connectivity index (χ2v) is 4.29. The van der Waals surface area contributed by atoms with E-state index in [4.69, 9.17) is 4.74 Å². The van der Waals surface area contributed by atoms with Gasteiger partial charge in [-0.2, -0.15) is 0 Å². The van der Waals surface area contributed by atoms with Gasteiger partial charge in [-0.3, -0.25) is 4.79 Å². The van der Waals surface area contributed by atoms with Gasteiger partial charge in [-0.15, -0.1) is 0 Å². The van der Waals surface area contributed by atoms with Crippen LogP contribution in [-0.2, 0) is 11.3 Å². The summed E-state index contributed by atoms with van der Waals surface area (Å²) in [5.41, 5.74) is 0.632. The van der Waals surface area contributed by atoms with Crippen LogP contribution in [0.1, 0.15) is 19.4 Å². The smallest absolute Gasteiger partial charge is 0.315 e. The molecule has 0 unspecified atom stereocenters. The topological polar surface area (TPSA) is 79.5 Å². The third kappa shape index (κ3) is 6.60. The molecule has 0 radical (unpaired) electrons. The number of urea groups is 1. The molecular formula is C14H20FN3O3. The van der Waals surface area contributed by atoms with Crippen LogP contribution in [0.4, 0.5) is 9.18 Å². The fourth-order valence-corrected chi connectivity index (χ4v) is 1.59. The molecule has 0 heterocycles. The summed E-state index contributed by atoms with van der Waals surface area (Å²) in [4.78, 5) is 22.1. The first kappa shape index (κ1) is 16.7. The van der Waals surface area contributed by atoms with E-state index in [-0.39, 0.29) is 24.2 Å². The van der Waals surface area contributed by atoms with Gasteiger partial charge in [-0.25, -0.2) is 9.18 Å².